The summed E-state index contributed by atoms with van der Waals surface area (Å²) in [6.45, 7) is 2.72. The lowest BCUT2D eigenvalue weighted by Crippen LogP contribution is -2.18. The summed E-state index contributed by atoms with van der Waals surface area (Å²) in [5.41, 5.74) is 1.96. The first-order valence-electron chi connectivity index (χ1n) is 4.95. The van der Waals surface area contributed by atoms with Gasteiger partial charge in [-0.25, -0.2) is 5.48 Å². The van der Waals surface area contributed by atoms with Gasteiger partial charge in [0.1, 0.15) is 5.75 Å². The van der Waals surface area contributed by atoms with Crippen molar-refractivity contribution in [1.29, 1.82) is 0 Å². The van der Waals surface area contributed by atoms with Crippen LogP contribution in [0.4, 0.5) is 0 Å². The largest absolute Gasteiger partial charge is 0.494 e. The minimum atomic E-state index is -0.532. The van der Waals surface area contributed by atoms with Gasteiger partial charge < -0.3 is 4.74 Å². The summed E-state index contributed by atoms with van der Waals surface area (Å²) in [6, 6.07) is 6.70. The Hall–Kier alpha value is -1.55. The zero-order valence-corrected chi connectivity index (χ0v) is 8.69. The van der Waals surface area contributed by atoms with Crippen LogP contribution in [0.2, 0.25) is 0 Å². The van der Waals surface area contributed by atoms with Gasteiger partial charge in [0.05, 0.1) is 6.61 Å². The van der Waals surface area contributed by atoms with Crippen LogP contribution in [0.15, 0.2) is 24.3 Å². The number of carbonyl (C=O) groups excluding carboxylic acids is 1. The average Bonchev–Trinajstić information content (AvgIpc) is 2.29. The Morgan fingerprint density at radius 3 is 3.00 bits per heavy atom. The molecule has 0 unspecified atom stereocenters. The lowest BCUT2D eigenvalue weighted by Gasteiger charge is -2.06. The third kappa shape index (κ3) is 3.59. The predicted octanol–water partition coefficient (Wildman–Crippen LogP) is 1.98. The van der Waals surface area contributed by atoms with Gasteiger partial charge >= 0.3 is 0 Å². The Morgan fingerprint density at radius 2 is 2.33 bits per heavy atom. The van der Waals surface area contributed by atoms with E-state index in [0.717, 1.165) is 12.8 Å². The Kier molecular flexibility index (Phi) is 4.63. The van der Waals surface area contributed by atoms with Crippen molar-refractivity contribution in [2.24, 2.45) is 0 Å². The number of nitrogens with one attached hydrogen (secondary N) is 1. The molecule has 4 heteroatoms. The van der Waals surface area contributed by atoms with Crippen molar-refractivity contribution in [2.75, 3.05) is 6.61 Å². The van der Waals surface area contributed by atoms with E-state index in [2.05, 4.69) is 6.92 Å². The van der Waals surface area contributed by atoms with E-state index in [0.29, 0.717) is 17.9 Å². The third-order valence-electron chi connectivity index (χ3n) is 1.96. The van der Waals surface area contributed by atoms with Crippen molar-refractivity contribution >= 4 is 5.91 Å². The maximum absolute atomic E-state index is 11.1. The van der Waals surface area contributed by atoms with E-state index in [4.69, 9.17) is 9.94 Å². The van der Waals surface area contributed by atoms with Gasteiger partial charge in [-0.2, -0.15) is 0 Å². The van der Waals surface area contributed by atoms with E-state index in [1.54, 1.807) is 29.7 Å². The van der Waals surface area contributed by atoms with E-state index in [1.807, 2.05) is 0 Å². The van der Waals surface area contributed by atoms with Crippen LogP contribution < -0.4 is 10.2 Å². The number of rotatable bonds is 5. The van der Waals surface area contributed by atoms with Gasteiger partial charge in [-0.3, -0.25) is 10.0 Å². The molecule has 0 fully saturated rings. The van der Waals surface area contributed by atoms with Crippen molar-refractivity contribution < 1.29 is 14.7 Å². The van der Waals surface area contributed by atoms with Crippen LogP contribution in [0.1, 0.15) is 30.1 Å². The minimum absolute atomic E-state index is 0.381. The van der Waals surface area contributed by atoms with Crippen LogP contribution in [0.3, 0.4) is 0 Å². The molecule has 1 aromatic carbocycles. The summed E-state index contributed by atoms with van der Waals surface area (Å²) in [5.74, 6) is 0.112. The second-order valence-electron chi connectivity index (χ2n) is 3.17. The smallest absolute Gasteiger partial charge is 0.274 e. The summed E-state index contributed by atoms with van der Waals surface area (Å²) in [6.07, 6.45) is 2.05. The van der Waals surface area contributed by atoms with Gasteiger partial charge in [0.25, 0.3) is 5.91 Å². The molecule has 0 aromatic heterocycles. The first-order valence-corrected chi connectivity index (χ1v) is 4.95. The molecule has 1 amide bonds. The number of carbonyl (C=O) groups is 1. The van der Waals surface area contributed by atoms with E-state index in [-0.39, 0.29) is 0 Å². The normalized spacial score (nSPS) is 9.73. The molecule has 0 aliphatic carbocycles. The highest BCUT2D eigenvalue weighted by molar-refractivity contribution is 5.93. The number of hydrogen-bond donors (Lipinski definition) is 2. The van der Waals surface area contributed by atoms with Crippen LogP contribution in [0, 0.1) is 0 Å². The second-order valence-corrected chi connectivity index (χ2v) is 3.17. The summed E-state index contributed by atoms with van der Waals surface area (Å²) in [4.78, 5) is 11.1. The van der Waals surface area contributed by atoms with E-state index in [9.17, 15) is 4.79 Å². The maximum atomic E-state index is 11.1. The topological polar surface area (TPSA) is 58.6 Å². The molecule has 0 bridgehead atoms. The fraction of sp³-hybridized carbons (Fsp3) is 0.364. The Labute approximate surface area is 88.8 Å². The molecule has 1 rings (SSSR count). The quantitative estimate of drug-likeness (QED) is 0.443. The van der Waals surface area contributed by atoms with Crippen molar-refractivity contribution in [3.05, 3.63) is 29.8 Å². The molecule has 0 saturated carbocycles. The zero-order valence-electron chi connectivity index (χ0n) is 8.69. The second kappa shape index (κ2) is 6.03. The van der Waals surface area contributed by atoms with Crippen molar-refractivity contribution in [3.8, 4) is 5.75 Å². The molecular formula is C11H15NO3. The molecule has 0 saturated heterocycles. The third-order valence-corrected chi connectivity index (χ3v) is 1.96. The van der Waals surface area contributed by atoms with E-state index >= 15 is 0 Å². The molecule has 0 radical (unpaired) electrons. The highest BCUT2D eigenvalue weighted by atomic mass is 16.5. The number of hydroxylamine groups is 1. The number of amides is 1. The summed E-state index contributed by atoms with van der Waals surface area (Å²) >= 11 is 0. The molecule has 0 heterocycles. The number of unbranched alkanes of at least 4 members (excludes halogenated alkanes) is 1. The monoisotopic (exact) mass is 209 g/mol. The molecule has 0 aliphatic rings. The van der Waals surface area contributed by atoms with Crippen molar-refractivity contribution in [3.63, 3.8) is 0 Å². The van der Waals surface area contributed by atoms with Gasteiger partial charge in [0, 0.05) is 5.56 Å². The van der Waals surface area contributed by atoms with E-state index < -0.39 is 5.91 Å². The molecule has 0 spiro atoms. The van der Waals surface area contributed by atoms with E-state index in [1.165, 1.54) is 0 Å². The van der Waals surface area contributed by atoms with Gasteiger partial charge in [0.2, 0.25) is 0 Å². The Balaban J connectivity index is 2.62. The zero-order chi connectivity index (χ0) is 11.1. The fourth-order valence-corrected chi connectivity index (χ4v) is 1.13. The molecule has 82 valence electrons. The molecule has 1 aromatic rings. The van der Waals surface area contributed by atoms with Gasteiger partial charge in [-0.15, -0.1) is 0 Å². The predicted molar refractivity (Wildman–Crippen MR) is 56.1 cm³/mol. The van der Waals surface area contributed by atoms with Crippen LogP contribution in [-0.2, 0) is 0 Å². The minimum Gasteiger partial charge on any atom is -0.494 e. The van der Waals surface area contributed by atoms with Crippen LogP contribution in [-0.4, -0.2) is 17.7 Å². The van der Waals surface area contributed by atoms with Crippen LogP contribution in [0.5, 0.6) is 5.75 Å². The maximum Gasteiger partial charge on any atom is 0.274 e. The summed E-state index contributed by atoms with van der Waals surface area (Å²) < 4.78 is 5.42. The highest BCUT2D eigenvalue weighted by Gasteiger charge is 2.04. The molecule has 4 nitrogen and oxygen atoms in total. The van der Waals surface area contributed by atoms with Gasteiger partial charge in [-0.05, 0) is 24.6 Å². The fourth-order valence-electron chi connectivity index (χ4n) is 1.13. The number of benzene rings is 1. The van der Waals surface area contributed by atoms with Gasteiger partial charge in [0.15, 0.2) is 0 Å². The molecule has 15 heavy (non-hydrogen) atoms. The Bertz CT molecular complexity index is 325. The van der Waals surface area contributed by atoms with Crippen molar-refractivity contribution in [1.82, 2.24) is 5.48 Å². The number of hydrogen-bond acceptors (Lipinski definition) is 3. The summed E-state index contributed by atoms with van der Waals surface area (Å²) in [7, 11) is 0. The van der Waals surface area contributed by atoms with Crippen molar-refractivity contribution in [2.45, 2.75) is 19.8 Å². The van der Waals surface area contributed by atoms with Gasteiger partial charge in [-0.1, -0.05) is 19.4 Å². The average molecular weight is 209 g/mol. The first-order chi connectivity index (χ1) is 7.27. The first kappa shape index (κ1) is 11.5. The van der Waals surface area contributed by atoms with Crippen LogP contribution in [0.25, 0.3) is 0 Å². The molecule has 0 aliphatic heterocycles. The lowest BCUT2D eigenvalue weighted by atomic mass is 10.2. The molecule has 0 atom stereocenters. The number of ether oxygens (including phenoxy) is 1. The molecule has 2 N–H and O–H groups in total. The standard InChI is InChI=1S/C11H15NO3/c1-2-3-7-15-10-6-4-5-9(8-10)11(13)12-14/h4-6,8,14H,2-3,7H2,1H3,(H,12,13). The Morgan fingerprint density at radius 1 is 1.53 bits per heavy atom. The van der Waals surface area contributed by atoms with Crippen LogP contribution >= 0.6 is 0 Å². The highest BCUT2D eigenvalue weighted by Crippen LogP contribution is 2.13. The lowest BCUT2D eigenvalue weighted by molar-refractivity contribution is 0.0706. The molecular weight excluding hydrogens is 194 g/mol. The summed E-state index contributed by atoms with van der Waals surface area (Å²) in [5, 5.41) is 8.45. The SMILES string of the molecule is CCCCOc1cccc(C(=O)NO)c1.